The summed E-state index contributed by atoms with van der Waals surface area (Å²) in [5, 5.41) is 7.22. The molecule has 0 aliphatic heterocycles. The summed E-state index contributed by atoms with van der Waals surface area (Å²) in [6, 6.07) is 2.67. The van der Waals surface area contributed by atoms with E-state index in [1.807, 2.05) is 0 Å². The summed E-state index contributed by atoms with van der Waals surface area (Å²) in [6.07, 6.45) is 0. The number of fused-ring (bicyclic) bond motifs is 6. The second kappa shape index (κ2) is 3.23. The van der Waals surface area contributed by atoms with Gasteiger partial charge in [0.1, 0.15) is 0 Å². The number of nitrogens with zero attached hydrogens (tertiary/aromatic N) is 2. The summed E-state index contributed by atoms with van der Waals surface area (Å²) in [5.41, 5.74) is -4.46. The number of hydrogen-bond acceptors (Lipinski definition) is 8. The Bertz CT molecular complexity index is 1040. The molecule has 0 aliphatic rings. The normalized spacial score (nSPS) is 11.8. The zero-order valence-electron chi connectivity index (χ0n) is 9.50. The first kappa shape index (κ1) is 10.7. The lowest BCUT2D eigenvalue weighted by Crippen LogP contribution is -2.05. The van der Waals surface area contributed by atoms with Gasteiger partial charge in [-0.2, -0.15) is 0 Å². The van der Waals surface area contributed by atoms with E-state index in [0.717, 1.165) is 0 Å². The predicted octanol–water partition coefficient (Wildman–Crippen LogP) is -0.561. The van der Waals surface area contributed by atoms with Gasteiger partial charge in [-0.1, -0.05) is 0 Å². The van der Waals surface area contributed by atoms with E-state index < -0.39 is 22.5 Å². The molecule has 0 aliphatic carbocycles. The fraction of sp³-hybridized carbons (Fsp3) is 0. The summed E-state index contributed by atoms with van der Waals surface area (Å²) in [7, 11) is 0. The maximum absolute atomic E-state index is 11.8. The molecule has 8 heteroatoms. The third-order valence-corrected chi connectivity index (χ3v) is 3.13. The smallest absolute Gasteiger partial charge is 0.367 e. The van der Waals surface area contributed by atoms with E-state index in [4.69, 9.17) is 0 Å². The highest BCUT2D eigenvalue weighted by Gasteiger charge is 2.20. The molecule has 0 fully saturated rings. The average molecular weight is 270 g/mol. The van der Waals surface area contributed by atoms with Gasteiger partial charge in [-0.05, 0) is 12.1 Å². The van der Waals surface area contributed by atoms with Crippen LogP contribution in [0.25, 0.3) is 32.6 Å². The molecule has 0 saturated carbocycles. The van der Waals surface area contributed by atoms with Gasteiger partial charge < -0.3 is 8.83 Å². The van der Waals surface area contributed by atoms with Gasteiger partial charge in [0.2, 0.25) is 0 Å². The minimum atomic E-state index is -1.02. The van der Waals surface area contributed by atoms with Gasteiger partial charge in [0.05, 0.1) is 10.8 Å². The van der Waals surface area contributed by atoms with Gasteiger partial charge in [-0.3, -0.25) is 0 Å². The lowest BCUT2D eigenvalue weighted by molar-refractivity contribution is 0.490. The molecule has 0 saturated heterocycles. The standard InChI is InChI=1S/C12H2N2O6/c15-9-3-1-2-4(10(16)19-9)6-5(3)7-11(17)20-12(18)8(6)14-13-7/h1-2H. The van der Waals surface area contributed by atoms with Crippen LogP contribution in [-0.4, -0.2) is 10.2 Å². The fourth-order valence-electron chi connectivity index (χ4n) is 2.30. The van der Waals surface area contributed by atoms with Crippen molar-refractivity contribution in [3.63, 3.8) is 0 Å². The minimum Gasteiger partial charge on any atom is -0.386 e. The molecule has 6 aromatic rings. The maximum Gasteiger partial charge on any atom is 0.367 e. The molecule has 4 bridgehead atoms. The molecule has 0 amide bonds. The zero-order chi connectivity index (χ0) is 14.0. The average Bonchev–Trinajstić information content (AvgIpc) is 2.74. The Morgan fingerprint density at radius 2 is 1.05 bits per heavy atom. The van der Waals surface area contributed by atoms with Crippen LogP contribution in [0.2, 0.25) is 0 Å². The molecule has 0 unspecified atom stereocenters. The van der Waals surface area contributed by atoms with Crippen LogP contribution in [0.1, 0.15) is 0 Å². The Morgan fingerprint density at radius 1 is 0.650 bits per heavy atom. The third kappa shape index (κ3) is 1.10. The van der Waals surface area contributed by atoms with Gasteiger partial charge in [0, 0.05) is 10.8 Å². The molecule has 8 nitrogen and oxygen atoms in total. The second-order valence-electron chi connectivity index (χ2n) is 4.16. The van der Waals surface area contributed by atoms with Crippen LogP contribution in [0, 0.1) is 0 Å². The van der Waals surface area contributed by atoms with Crippen molar-refractivity contribution in [3.05, 3.63) is 53.8 Å². The minimum absolute atomic E-state index is 0.0348. The summed E-state index contributed by atoms with van der Waals surface area (Å²) < 4.78 is 9.12. The molecular weight excluding hydrogens is 268 g/mol. The molecule has 5 heterocycles. The number of rotatable bonds is 0. The Labute approximate surface area is 106 Å². The molecule has 1 aromatic carbocycles. The molecule has 0 atom stereocenters. The Hall–Kier alpha value is -3.16. The van der Waals surface area contributed by atoms with E-state index in [0.29, 0.717) is 0 Å². The summed E-state index contributed by atoms with van der Waals surface area (Å²) in [4.78, 5) is 47.1. The quantitative estimate of drug-likeness (QED) is 0.417. The number of aromatic nitrogens is 2. The van der Waals surface area contributed by atoms with Crippen LogP contribution in [0.3, 0.4) is 0 Å². The maximum atomic E-state index is 11.8. The molecular formula is C12H2N2O6. The summed E-state index contributed by atoms with van der Waals surface area (Å²) >= 11 is 0. The molecule has 0 radical (unpaired) electrons. The van der Waals surface area contributed by atoms with Crippen LogP contribution in [0.4, 0.5) is 0 Å². The van der Waals surface area contributed by atoms with Gasteiger partial charge in [-0.15, -0.1) is 10.2 Å². The molecule has 6 rings (SSSR count). The SMILES string of the molecule is O=c1oc(=O)c2ccc1c1c3nnc(c(=O)oc3=O)c21. The largest absolute Gasteiger partial charge is 0.386 e. The van der Waals surface area contributed by atoms with Crippen molar-refractivity contribution < 1.29 is 8.83 Å². The first-order valence-electron chi connectivity index (χ1n) is 5.44. The first-order chi connectivity index (χ1) is 9.58. The van der Waals surface area contributed by atoms with E-state index >= 15 is 0 Å². The summed E-state index contributed by atoms with van der Waals surface area (Å²) in [6.45, 7) is 0. The highest BCUT2D eigenvalue weighted by atomic mass is 16.4. The Kier molecular flexibility index (Phi) is 1.74. The molecule has 20 heavy (non-hydrogen) atoms. The number of benzene rings is 1. The lowest BCUT2D eigenvalue weighted by Gasteiger charge is -1.96. The van der Waals surface area contributed by atoms with Crippen LogP contribution in [-0.2, 0) is 0 Å². The van der Waals surface area contributed by atoms with Crippen LogP contribution in [0.5, 0.6) is 0 Å². The van der Waals surface area contributed by atoms with E-state index in [2.05, 4.69) is 19.0 Å². The van der Waals surface area contributed by atoms with Gasteiger partial charge >= 0.3 is 22.5 Å². The van der Waals surface area contributed by atoms with E-state index in [1.54, 1.807) is 0 Å². The van der Waals surface area contributed by atoms with Crippen molar-refractivity contribution in [3.8, 4) is 0 Å². The van der Waals surface area contributed by atoms with Gasteiger partial charge in [0.15, 0.2) is 11.0 Å². The van der Waals surface area contributed by atoms with Crippen LogP contribution < -0.4 is 22.5 Å². The third-order valence-electron chi connectivity index (χ3n) is 3.13. The topological polar surface area (TPSA) is 120 Å². The van der Waals surface area contributed by atoms with Gasteiger partial charge in [0.25, 0.3) is 0 Å². The van der Waals surface area contributed by atoms with Gasteiger partial charge in [-0.25, -0.2) is 19.2 Å². The van der Waals surface area contributed by atoms with Crippen molar-refractivity contribution in [1.82, 2.24) is 10.2 Å². The second-order valence-corrected chi connectivity index (χ2v) is 4.16. The van der Waals surface area contributed by atoms with Crippen LogP contribution >= 0.6 is 0 Å². The predicted molar refractivity (Wildman–Crippen MR) is 66.5 cm³/mol. The lowest BCUT2D eigenvalue weighted by atomic mass is 10.1. The zero-order valence-corrected chi connectivity index (χ0v) is 9.50. The highest BCUT2D eigenvalue weighted by Crippen LogP contribution is 2.25. The first-order valence-corrected chi connectivity index (χ1v) is 5.44. The molecule has 0 spiro atoms. The van der Waals surface area contributed by atoms with Crippen molar-refractivity contribution in [1.29, 1.82) is 0 Å². The summed E-state index contributed by atoms with van der Waals surface area (Å²) in [5.74, 6) is 0. The highest BCUT2D eigenvalue weighted by molar-refractivity contribution is 6.19. The Balaban J connectivity index is 2.74. The van der Waals surface area contributed by atoms with Crippen molar-refractivity contribution in [2.24, 2.45) is 0 Å². The molecule has 96 valence electrons. The monoisotopic (exact) mass is 270 g/mol. The van der Waals surface area contributed by atoms with E-state index in [1.165, 1.54) is 12.1 Å². The Morgan fingerprint density at radius 3 is 1.50 bits per heavy atom. The van der Waals surface area contributed by atoms with Crippen molar-refractivity contribution in [2.75, 3.05) is 0 Å². The molecule has 5 aromatic heterocycles. The van der Waals surface area contributed by atoms with E-state index in [9.17, 15) is 19.2 Å². The number of hydrogen-bond donors (Lipinski definition) is 0. The van der Waals surface area contributed by atoms with Crippen LogP contribution in [0.15, 0.2) is 40.1 Å². The van der Waals surface area contributed by atoms with E-state index in [-0.39, 0.29) is 32.6 Å². The van der Waals surface area contributed by atoms with Crippen molar-refractivity contribution in [2.45, 2.75) is 0 Å². The van der Waals surface area contributed by atoms with Crippen molar-refractivity contribution >= 4 is 32.6 Å². The fourth-order valence-corrected chi connectivity index (χ4v) is 2.30. The molecule has 0 N–H and O–H groups in total.